The first-order chi connectivity index (χ1) is 8.56. The number of rotatable bonds is 2. The molecule has 1 aromatic carbocycles. The van der Waals surface area contributed by atoms with Gasteiger partial charge in [0.05, 0.1) is 12.1 Å². The van der Waals surface area contributed by atoms with Crippen LogP contribution >= 0.6 is 0 Å². The van der Waals surface area contributed by atoms with Gasteiger partial charge in [0.2, 0.25) is 0 Å². The van der Waals surface area contributed by atoms with E-state index < -0.39 is 6.10 Å². The number of amides is 1. The summed E-state index contributed by atoms with van der Waals surface area (Å²) in [5.41, 5.74) is 7.84. The van der Waals surface area contributed by atoms with Gasteiger partial charge in [-0.25, -0.2) is 0 Å². The van der Waals surface area contributed by atoms with E-state index in [2.05, 4.69) is 5.32 Å². The van der Waals surface area contributed by atoms with E-state index in [1.807, 2.05) is 13.0 Å². The zero-order valence-corrected chi connectivity index (χ0v) is 10.6. The van der Waals surface area contributed by atoms with Gasteiger partial charge in [-0.05, 0) is 43.5 Å². The molecule has 18 heavy (non-hydrogen) atoms. The van der Waals surface area contributed by atoms with Crippen molar-refractivity contribution in [2.24, 2.45) is 0 Å². The Kier molecular flexibility index (Phi) is 3.87. The van der Waals surface area contributed by atoms with Crippen LogP contribution in [0.1, 0.15) is 41.6 Å². The van der Waals surface area contributed by atoms with Crippen LogP contribution in [0.3, 0.4) is 0 Å². The van der Waals surface area contributed by atoms with Gasteiger partial charge in [-0.15, -0.1) is 0 Å². The highest BCUT2D eigenvalue weighted by atomic mass is 16.3. The summed E-state index contributed by atoms with van der Waals surface area (Å²) in [5.74, 6) is -0.156. The summed E-state index contributed by atoms with van der Waals surface area (Å²) in [6, 6.07) is 5.16. The number of hydrogen-bond acceptors (Lipinski definition) is 3. The fourth-order valence-corrected chi connectivity index (χ4v) is 2.48. The lowest BCUT2D eigenvalue weighted by molar-refractivity contribution is 0.0717. The molecule has 1 saturated carbocycles. The normalized spacial score (nSPS) is 23.7. The van der Waals surface area contributed by atoms with E-state index in [-0.39, 0.29) is 11.9 Å². The molecule has 0 heterocycles. The van der Waals surface area contributed by atoms with Crippen molar-refractivity contribution in [1.29, 1.82) is 0 Å². The summed E-state index contributed by atoms with van der Waals surface area (Å²) in [5, 5.41) is 12.7. The van der Waals surface area contributed by atoms with Crippen LogP contribution in [-0.2, 0) is 0 Å². The SMILES string of the molecule is Cc1cc(N)cc(C(=O)N[C@H]2CCCC[C@@H]2O)c1. The van der Waals surface area contributed by atoms with Crippen molar-refractivity contribution >= 4 is 11.6 Å². The fourth-order valence-electron chi connectivity index (χ4n) is 2.48. The highest BCUT2D eigenvalue weighted by Crippen LogP contribution is 2.19. The third-order valence-electron chi connectivity index (χ3n) is 3.41. The second-order valence-electron chi connectivity index (χ2n) is 5.06. The van der Waals surface area contributed by atoms with Gasteiger partial charge in [0.25, 0.3) is 5.91 Å². The van der Waals surface area contributed by atoms with Gasteiger partial charge < -0.3 is 16.2 Å². The molecule has 0 radical (unpaired) electrons. The van der Waals surface area contributed by atoms with Crippen LogP contribution in [0.5, 0.6) is 0 Å². The van der Waals surface area contributed by atoms with Crippen LogP contribution in [-0.4, -0.2) is 23.2 Å². The van der Waals surface area contributed by atoms with Gasteiger partial charge in [0, 0.05) is 11.3 Å². The minimum atomic E-state index is -0.426. The topological polar surface area (TPSA) is 75.4 Å². The minimum Gasteiger partial charge on any atom is -0.399 e. The lowest BCUT2D eigenvalue weighted by Crippen LogP contribution is -2.45. The van der Waals surface area contributed by atoms with Crippen molar-refractivity contribution in [2.45, 2.75) is 44.8 Å². The molecule has 1 fully saturated rings. The highest BCUT2D eigenvalue weighted by molar-refractivity contribution is 5.95. The van der Waals surface area contributed by atoms with Gasteiger partial charge in [0.1, 0.15) is 0 Å². The summed E-state index contributed by atoms with van der Waals surface area (Å²) < 4.78 is 0. The molecule has 2 rings (SSSR count). The van der Waals surface area contributed by atoms with Crippen LogP contribution in [0.2, 0.25) is 0 Å². The number of aliphatic hydroxyl groups is 1. The Bertz CT molecular complexity index is 425. The van der Waals surface area contributed by atoms with Gasteiger partial charge in [-0.2, -0.15) is 0 Å². The lowest BCUT2D eigenvalue weighted by atomic mass is 9.92. The van der Waals surface area contributed by atoms with Crippen molar-refractivity contribution in [3.05, 3.63) is 29.3 Å². The molecule has 0 saturated heterocycles. The maximum atomic E-state index is 12.1. The third kappa shape index (κ3) is 3.01. The molecular weight excluding hydrogens is 228 g/mol. The Balaban J connectivity index is 2.06. The van der Waals surface area contributed by atoms with E-state index in [1.165, 1.54) is 0 Å². The van der Waals surface area contributed by atoms with E-state index >= 15 is 0 Å². The van der Waals surface area contributed by atoms with Crippen LogP contribution in [0.25, 0.3) is 0 Å². The molecule has 1 aliphatic carbocycles. The van der Waals surface area contributed by atoms with Gasteiger partial charge in [-0.3, -0.25) is 4.79 Å². The Labute approximate surface area is 107 Å². The summed E-state index contributed by atoms with van der Waals surface area (Å²) in [4.78, 5) is 12.1. The number of aliphatic hydroxyl groups excluding tert-OH is 1. The minimum absolute atomic E-state index is 0.131. The second kappa shape index (κ2) is 5.40. The largest absolute Gasteiger partial charge is 0.399 e. The standard InChI is InChI=1S/C14H20N2O2/c1-9-6-10(8-11(15)7-9)14(18)16-12-4-2-3-5-13(12)17/h6-8,12-13,17H,2-5,15H2,1H3,(H,16,18)/t12-,13-/m0/s1. The molecule has 2 atom stereocenters. The smallest absolute Gasteiger partial charge is 0.251 e. The summed E-state index contributed by atoms with van der Waals surface area (Å²) in [6.45, 7) is 1.91. The Morgan fingerprint density at radius 2 is 2.06 bits per heavy atom. The number of anilines is 1. The third-order valence-corrected chi connectivity index (χ3v) is 3.41. The van der Waals surface area contributed by atoms with Crippen molar-refractivity contribution < 1.29 is 9.90 Å². The monoisotopic (exact) mass is 248 g/mol. The number of benzene rings is 1. The molecule has 4 N–H and O–H groups in total. The zero-order valence-electron chi connectivity index (χ0n) is 10.6. The number of nitrogen functional groups attached to an aromatic ring is 1. The van der Waals surface area contributed by atoms with Crippen LogP contribution in [0.15, 0.2) is 18.2 Å². The fraction of sp³-hybridized carbons (Fsp3) is 0.500. The molecule has 0 bridgehead atoms. The van der Waals surface area contributed by atoms with Crippen LogP contribution < -0.4 is 11.1 Å². The van der Waals surface area contributed by atoms with Crippen LogP contribution in [0, 0.1) is 6.92 Å². The molecule has 0 unspecified atom stereocenters. The van der Waals surface area contributed by atoms with Crippen molar-refractivity contribution in [3.63, 3.8) is 0 Å². The van der Waals surface area contributed by atoms with E-state index in [1.54, 1.807) is 12.1 Å². The number of carbonyl (C=O) groups is 1. The maximum absolute atomic E-state index is 12.1. The molecule has 0 spiro atoms. The molecule has 4 heteroatoms. The summed E-state index contributed by atoms with van der Waals surface area (Å²) in [6.07, 6.45) is 3.27. The van der Waals surface area contributed by atoms with E-state index in [0.29, 0.717) is 11.3 Å². The predicted molar refractivity (Wildman–Crippen MR) is 71.3 cm³/mol. The first kappa shape index (κ1) is 12.9. The van der Waals surface area contributed by atoms with Gasteiger partial charge in [-0.1, -0.05) is 12.8 Å². The van der Waals surface area contributed by atoms with Gasteiger partial charge >= 0.3 is 0 Å². The average Bonchev–Trinajstić information content (AvgIpc) is 2.31. The molecule has 0 aromatic heterocycles. The van der Waals surface area contributed by atoms with Crippen LogP contribution in [0.4, 0.5) is 5.69 Å². The number of aryl methyl sites for hydroxylation is 1. The number of hydrogen-bond donors (Lipinski definition) is 3. The van der Waals surface area contributed by atoms with Gasteiger partial charge in [0.15, 0.2) is 0 Å². The molecule has 0 aliphatic heterocycles. The van der Waals surface area contributed by atoms with Crippen molar-refractivity contribution in [2.75, 3.05) is 5.73 Å². The van der Waals surface area contributed by atoms with Crippen molar-refractivity contribution in [1.82, 2.24) is 5.32 Å². The van der Waals surface area contributed by atoms with E-state index in [9.17, 15) is 9.90 Å². The first-order valence-corrected chi connectivity index (χ1v) is 6.42. The highest BCUT2D eigenvalue weighted by Gasteiger charge is 2.24. The Hall–Kier alpha value is -1.55. The van der Waals surface area contributed by atoms with E-state index in [4.69, 9.17) is 5.73 Å². The quantitative estimate of drug-likeness (QED) is 0.696. The average molecular weight is 248 g/mol. The van der Waals surface area contributed by atoms with E-state index in [0.717, 1.165) is 31.2 Å². The molecule has 4 nitrogen and oxygen atoms in total. The zero-order chi connectivity index (χ0) is 13.1. The predicted octanol–water partition coefficient (Wildman–Crippen LogP) is 1.61. The Morgan fingerprint density at radius 1 is 1.33 bits per heavy atom. The van der Waals surface area contributed by atoms with Crippen molar-refractivity contribution in [3.8, 4) is 0 Å². The Morgan fingerprint density at radius 3 is 2.72 bits per heavy atom. The molecule has 1 amide bonds. The number of carbonyl (C=O) groups excluding carboxylic acids is 1. The summed E-state index contributed by atoms with van der Waals surface area (Å²) >= 11 is 0. The number of nitrogens with one attached hydrogen (secondary N) is 1. The summed E-state index contributed by atoms with van der Waals surface area (Å²) in [7, 11) is 0. The molecule has 1 aliphatic rings. The molecular formula is C14H20N2O2. The molecule has 98 valence electrons. The first-order valence-electron chi connectivity index (χ1n) is 6.42. The second-order valence-corrected chi connectivity index (χ2v) is 5.06. The lowest BCUT2D eigenvalue weighted by Gasteiger charge is -2.28. The molecule has 1 aromatic rings. The number of nitrogens with two attached hydrogens (primary N) is 1. The maximum Gasteiger partial charge on any atom is 0.251 e.